The van der Waals surface area contributed by atoms with Crippen molar-refractivity contribution in [3.05, 3.63) is 29.8 Å². The largest absolute Gasteiger partial charge is 0.377 e. The number of anilines is 1. The molecular weight excluding hydrogens is 318 g/mol. The minimum Gasteiger partial charge on any atom is -0.377 e. The van der Waals surface area contributed by atoms with E-state index < -0.39 is 11.8 Å². The summed E-state index contributed by atoms with van der Waals surface area (Å²) in [6.45, 7) is 2.42. The van der Waals surface area contributed by atoms with Gasteiger partial charge < -0.3 is 20.3 Å². The van der Waals surface area contributed by atoms with E-state index in [4.69, 9.17) is 4.74 Å². The summed E-state index contributed by atoms with van der Waals surface area (Å²) in [5.74, 6) is -1.24. The van der Waals surface area contributed by atoms with Crippen molar-refractivity contribution in [3.63, 3.8) is 0 Å². The predicted octanol–water partition coefficient (Wildman–Crippen LogP) is 2.32. The van der Waals surface area contributed by atoms with Crippen LogP contribution in [0.1, 0.15) is 44.3 Å². The highest BCUT2D eigenvalue weighted by Gasteiger charge is 2.36. The van der Waals surface area contributed by atoms with Crippen molar-refractivity contribution in [3.8, 4) is 0 Å². The van der Waals surface area contributed by atoms with Crippen LogP contribution in [0.5, 0.6) is 0 Å². The summed E-state index contributed by atoms with van der Waals surface area (Å²) < 4.78 is 5.28. The van der Waals surface area contributed by atoms with Crippen LogP contribution in [-0.4, -0.2) is 50.0 Å². The van der Waals surface area contributed by atoms with Crippen molar-refractivity contribution in [2.24, 2.45) is 0 Å². The first-order chi connectivity index (χ1) is 11.9. The number of nitrogens with zero attached hydrogens (tertiary/aromatic N) is 1. The Kier molecular flexibility index (Phi) is 6.56. The zero-order chi connectivity index (χ0) is 18.4. The zero-order valence-electron chi connectivity index (χ0n) is 15.6. The number of benzene rings is 1. The maximum Gasteiger partial charge on any atom is 0.313 e. The molecule has 1 fully saturated rings. The lowest BCUT2D eigenvalue weighted by atomic mass is 9.96. The van der Waals surface area contributed by atoms with Gasteiger partial charge in [-0.2, -0.15) is 0 Å². The third-order valence-electron chi connectivity index (χ3n) is 5.23. The number of carbonyl (C=O) groups is 2. The van der Waals surface area contributed by atoms with E-state index in [1.807, 2.05) is 39.2 Å². The molecule has 0 aromatic heterocycles. The lowest BCUT2D eigenvalue weighted by Crippen LogP contribution is -2.52. The fourth-order valence-corrected chi connectivity index (χ4v) is 3.33. The lowest BCUT2D eigenvalue weighted by molar-refractivity contribution is -0.136. The van der Waals surface area contributed by atoms with E-state index >= 15 is 0 Å². The Bertz CT molecular complexity index is 610. The van der Waals surface area contributed by atoms with Gasteiger partial charge in [-0.15, -0.1) is 0 Å². The van der Waals surface area contributed by atoms with Gasteiger partial charge in [0, 0.05) is 24.9 Å². The standard InChI is InChI=1S/C19H29N3O3/c1-14(25-4)15-8-7-9-16(12-15)21-18(24)17(23)20-13-19(22(2)3)10-5-6-11-19/h7-9,12,14H,5-6,10-11,13H2,1-4H3,(H,20,23)(H,21,24). The predicted molar refractivity (Wildman–Crippen MR) is 98.4 cm³/mol. The molecule has 1 atom stereocenters. The summed E-state index contributed by atoms with van der Waals surface area (Å²) in [6.07, 6.45) is 4.32. The van der Waals surface area contributed by atoms with Crippen LogP contribution >= 0.6 is 0 Å². The number of hydrogen-bond acceptors (Lipinski definition) is 4. The molecule has 1 aromatic carbocycles. The molecule has 0 aliphatic heterocycles. The Labute approximate surface area is 149 Å². The minimum atomic E-state index is -0.644. The van der Waals surface area contributed by atoms with Crippen LogP contribution in [-0.2, 0) is 14.3 Å². The summed E-state index contributed by atoms with van der Waals surface area (Å²) in [4.78, 5) is 26.5. The molecule has 2 N–H and O–H groups in total. The van der Waals surface area contributed by atoms with Crippen LogP contribution in [0.3, 0.4) is 0 Å². The van der Waals surface area contributed by atoms with Gasteiger partial charge in [-0.3, -0.25) is 9.59 Å². The first kappa shape index (κ1) is 19.4. The van der Waals surface area contributed by atoms with Gasteiger partial charge in [-0.1, -0.05) is 25.0 Å². The van der Waals surface area contributed by atoms with Gasteiger partial charge in [0.2, 0.25) is 0 Å². The molecule has 6 heteroatoms. The van der Waals surface area contributed by atoms with Crippen LogP contribution < -0.4 is 10.6 Å². The second-order valence-corrected chi connectivity index (χ2v) is 6.97. The third-order valence-corrected chi connectivity index (χ3v) is 5.23. The van der Waals surface area contributed by atoms with Crippen LogP contribution in [0.4, 0.5) is 5.69 Å². The molecule has 0 heterocycles. The van der Waals surface area contributed by atoms with Crippen molar-refractivity contribution < 1.29 is 14.3 Å². The highest BCUT2D eigenvalue weighted by atomic mass is 16.5. The maximum atomic E-state index is 12.2. The number of nitrogens with one attached hydrogen (secondary N) is 2. The van der Waals surface area contributed by atoms with Gasteiger partial charge in [-0.05, 0) is 51.6 Å². The normalized spacial score (nSPS) is 17.3. The van der Waals surface area contributed by atoms with Gasteiger partial charge in [0.1, 0.15) is 0 Å². The summed E-state index contributed by atoms with van der Waals surface area (Å²) in [7, 11) is 5.69. The van der Waals surface area contributed by atoms with E-state index in [1.165, 1.54) is 0 Å². The molecule has 0 bridgehead atoms. The van der Waals surface area contributed by atoms with Crippen LogP contribution in [0.2, 0.25) is 0 Å². The van der Waals surface area contributed by atoms with Gasteiger partial charge >= 0.3 is 11.8 Å². The third kappa shape index (κ3) is 4.80. The van der Waals surface area contributed by atoms with Crippen LogP contribution in [0.25, 0.3) is 0 Å². The average Bonchev–Trinajstić information content (AvgIpc) is 3.09. The Balaban J connectivity index is 1.93. The molecule has 25 heavy (non-hydrogen) atoms. The fraction of sp³-hybridized carbons (Fsp3) is 0.579. The van der Waals surface area contributed by atoms with Crippen molar-refractivity contribution >= 4 is 17.5 Å². The van der Waals surface area contributed by atoms with Crippen LogP contribution in [0.15, 0.2) is 24.3 Å². The van der Waals surface area contributed by atoms with E-state index in [0.717, 1.165) is 31.2 Å². The smallest absolute Gasteiger partial charge is 0.313 e. The van der Waals surface area contributed by atoms with E-state index in [0.29, 0.717) is 12.2 Å². The molecule has 2 rings (SSSR count). The highest BCUT2D eigenvalue weighted by molar-refractivity contribution is 6.39. The zero-order valence-corrected chi connectivity index (χ0v) is 15.6. The summed E-state index contributed by atoms with van der Waals surface area (Å²) in [5.41, 5.74) is 1.49. The number of rotatable bonds is 6. The topological polar surface area (TPSA) is 70.7 Å². The number of hydrogen-bond donors (Lipinski definition) is 2. The maximum absolute atomic E-state index is 12.2. The summed E-state index contributed by atoms with van der Waals surface area (Å²) >= 11 is 0. The van der Waals surface area contributed by atoms with Gasteiger partial charge in [0.25, 0.3) is 0 Å². The second-order valence-electron chi connectivity index (χ2n) is 6.97. The molecule has 138 valence electrons. The van der Waals surface area contributed by atoms with Crippen molar-refractivity contribution in [1.82, 2.24) is 10.2 Å². The molecule has 6 nitrogen and oxygen atoms in total. The summed E-state index contributed by atoms with van der Waals surface area (Å²) in [6, 6.07) is 7.33. The molecular formula is C19H29N3O3. The summed E-state index contributed by atoms with van der Waals surface area (Å²) in [5, 5.41) is 5.46. The fourth-order valence-electron chi connectivity index (χ4n) is 3.33. The molecule has 1 aromatic rings. The molecule has 0 saturated heterocycles. The highest BCUT2D eigenvalue weighted by Crippen LogP contribution is 2.33. The lowest BCUT2D eigenvalue weighted by Gasteiger charge is -2.36. The Morgan fingerprint density at radius 2 is 1.92 bits per heavy atom. The molecule has 0 radical (unpaired) electrons. The van der Waals surface area contributed by atoms with Gasteiger partial charge in [0.15, 0.2) is 0 Å². The first-order valence-electron chi connectivity index (χ1n) is 8.77. The van der Waals surface area contributed by atoms with E-state index in [1.54, 1.807) is 13.2 Å². The first-order valence-corrected chi connectivity index (χ1v) is 8.77. The Hall–Kier alpha value is -1.92. The van der Waals surface area contributed by atoms with Gasteiger partial charge in [-0.25, -0.2) is 0 Å². The van der Waals surface area contributed by atoms with E-state index in [-0.39, 0.29) is 11.6 Å². The molecule has 2 amide bonds. The number of methoxy groups -OCH3 is 1. The van der Waals surface area contributed by atoms with E-state index in [9.17, 15) is 9.59 Å². The number of amides is 2. The number of carbonyl (C=O) groups excluding carboxylic acids is 2. The van der Waals surface area contributed by atoms with Crippen molar-refractivity contribution in [1.29, 1.82) is 0 Å². The number of ether oxygens (including phenoxy) is 1. The Morgan fingerprint density at radius 1 is 1.24 bits per heavy atom. The second kappa shape index (κ2) is 8.45. The average molecular weight is 347 g/mol. The van der Waals surface area contributed by atoms with Crippen molar-refractivity contribution in [2.75, 3.05) is 33.1 Å². The van der Waals surface area contributed by atoms with Crippen molar-refractivity contribution in [2.45, 2.75) is 44.2 Å². The van der Waals surface area contributed by atoms with Crippen LogP contribution in [0, 0.1) is 0 Å². The van der Waals surface area contributed by atoms with E-state index in [2.05, 4.69) is 15.5 Å². The molecule has 1 aliphatic rings. The number of likely N-dealkylation sites (N-methyl/N-ethyl adjacent to an activating group) is 1. The molecule has 0 spiro atoms. The molecule has 1 aliphatic carbocycles. The SMILES string of the molecule is COC(C)c1cccc(NC(=O)C(=O)NCC2(N(C)C)CCCC2)c1. The minimum absolute atomic E-state index is 0.0379. The quantitative estimate of drug-likeness (QED) is 0.775. The van der Waals surface area contributed by atoms with Gasteiger partial charge in [0.05, 0.1) is 6.10 Å². The Morgan fingerprint density at radius 3 is 2.52 bits per heavy atom. The monoisotopic (exact) mass is 347 g/mol. The molecule has 1 unspecified atom stereocenters. The molecule has 1 saturated carbocycles.